The Morgan fingerprint density at radius 2 is 2.06 bits per heavy atom. The van der Waals surface area contributed by atoms with Gasteiger partial charge in [0, 0.05) is 19.3 Å². The summed E-state index contributed by atoms with van der Waals surface area (Å²) in [6, 6.07) is 8.44. The number of carboxylic acid groups (broad SMARTS) is 1. The fourth-order valence-electron chi connectivity index (χ4n) is 1.41. The smallest absolute Gasteiger partial charge is 0.450 e. The molecule has 0 unspecified atom stereocenters. The van der Waals surface area contributed by atoms with E-state index >= 15 is 0 Å². The summed E-state index contributed by atoms with van der Waals surface area (Å²) in [5, 5.41) is 7.50. The number of nitrogens with zero attached hydrogens (tertiary/aromatic N) is 1. The summed E-state index contributed by atoms with van der Waals surface area (Å²) in [6.45, 7) is 1.02. The van der Waals surface area contributed by atoms with E-state index in [9.17, 15) is 0 Å². The Kier molecular flexibility index (Phi) is 4.39. The van der Waals surface area contributed by atoms with Gasteiger partial charge in [-0.15, -0.1) is 0 Å². The minimum atomic E-state index is -1.25. The van der Waals surface area contributed by atoms with Crippen molar-refractivity contribution in [3.05, 3.63) is 35.9 Å². The first kappa shape index (κ1) is 12.1. The SMILES string of the molecule is CN1CC=Cc2ccccc21.COC(=O)O. The van der Waals surface area contributed by atoms with Crippen molar-refractivity contribution in [2.75, 3.05) is 25.6 Å². The maximum Gasteiger partial charge on any atom is 0.505 e. The number of likely N-dealkylation sites (N-methyl/N-ethyl adjacent to an activating group) is 1. The van der Waals surface area contributed by atoms with Gasteiger partial charge in [-0.25, -0.2) is 4.79 Å². The van der Waals surface area contributed by atoms with Crippen LogP contribution in [-0.2, 0) is 4.74 Å². The highest BCUT2D eigenvalue weighted by molar-refractivity contribution is 5.70. The zero-order chi connectivity index (χ0) is 12.0. The summed E-state index contributed by atoms with van der Waals surface area (Å²) in [5.74, 6) is 0. The number of benzene rings is 1. The van der Waals surface area contributed by atoms with E-state index in [1.807, 2.05) is 0 Å². The number of rotatable bonds is 0. The van der Waals surface area contributed by atoms with E-state index in [1.54, 1.807) is 0 Å². The van der Waals surface area contributed by atoms with Gasteiger partial charge in [0.1, 0.15) is 0 Å². The number of hydrogen-bond donors (Lipinski definition) is 1. The predicted molar refractivity (Wildman–Crippen MR) is 63.8 cm³/mol. The van der Waals surface area contributed by atoms with Crippen LogP contribution in [0.3, 0.4) is 0 Å². The summed E-state index contributed by atoms with van der Waals surface area (Å²) in [7, 11) is 3.21. The molecule has 0 amide bonds. The van der Waals surface area contributed by atoms with E-state index < -0.39 is 6.16 Å². The fraction of sp³-hybridized carbons (Fsp3) is 0.250. The van der Waals surface area contributed by atoms with E-state index in [2.05, 4.69) is 53.1 Å². The molecule has 86 valence electrons. The predicted octanol–water partition coefficient (Wildman–Crippen LogP) is 2.46. The average Bonchev–Trinajstić information content (AvgIpc) is 2.30. The number of carbonyl (C=O) groups is 1. The first-order valence-electron chi connectivity index (χ1n) is 4.88. The molecule has 1 aromatic rings. The Morgan fingerprint density at radius 3 is 2.62 bits per heavy atom. The Labute approximate surface area is 94.8 Å². The van der Waals surface area contributed by atoms with Gasteiger partial charge in [-0.2, -0.15) is 0 Å². The van der Waals surface area contributed by atoms with Crippen LogP contribution in [0.2, 0.25) is 0 Å². The number of fused-ring (bicyclic) bond motifs is 1. The van der Waals surface area contributed by atoms with Crippen molar-refractivity contribution in [1.29, 1.82) is 0 Å². The highest BCUT2D eigenvalue weighted by atomic mass is 16.6. The van der Waals surface area contributed by atoms with Gasteiger partial charge in [0.05, 0.1) is 7.11 Å². The van der Waals surface area contributed by atoms with Crippen LogP contribution in [0.1, 0.15) is 5.56 Å². The van der Waals surface area contributed by atoms with Crippen LogP contribution in [0.4, 0.5) is 10.5 Å². The lowest BCUT2D eigenvalue weighted by Gasteiger charge is -2.22. The second-order valence-electron chi connectivity index (χ2n) is 3.31. The molecule has 4 heteroatoms. The molecule has 1 heterocycles. The monoisotopic (exact) mass is 221 g/mol. The van der Waals surface area contributed by atoms with Crippen LogP contribution < -0.4 is 4.90 Å². The minimum Gasteiger partial charge on any atom is -0.450 e. The molecule has 0 atom stereocenters. The van der Waals surface area contributed by atoms with E-state index in [1.165, 1.54) is 11.3 Å². The minimum absolute atomic E-state index is 1.02. The van der Waals surface area contributed by atoms with Crippen molar-refractivity contribution in [2.45, 2.75) is 0 Å². The maximum absolute atomic E-state index is 9.15. The zero-order valence-corrected chi connectivity index (χ0v) is 9.38. The topological polar surface area (TPSA) is 49.8 Å². The summed E-state index contributed by atoms with van der Waals surface area (Å²) in [6.07, 6.45) is 3.11. The molecule has 1 aliphatic heterocycles. The lowest BCUT2D eigenvalue weighted by molar-refractivity contribution is 0.114. The molecule has 0 aliphatic carbocycles. The van der Waals surface area contributed by atoms with Crippen molar-refractivity contribution in [1.82, 2.24) is 0 Å². The summed E-state index contributed by atoms with van der Waals surface area (Å²) in [5.41, 5.74) is 2.65. The largest absolute Gasteiger partial charge is 0.505 e. The molecule has 0 bridgehead atoms. The molecule has 1 aromatic carbocycles. The second-order valence-corrected chi connectivity index (χ2v) is 3.31. The van der Waals surface area contributed by atoms with Crippen LogP contribution >= 0.6 is 0 Å². The Balaban J connectivity index is 0.000000221. The first-order chi connectivity index (χ1) is 7.65. The van der Waals surface area contributed by atoms with Crippen molar-refractivity contribution >= 4 is 17.9 Å². The van der Waals surface area contributed by atoms with Gasteiger partial charge in [-0.3, -0.25) is 0 Å². The quantitative estimate of drug-likeness (QED) is 0.684. The fourth-order valence-corrected chi connectivity index (χ4v) is 1.41. The van der Waals surface area contributed by atoms with Gasteiger partial charge < -0.3 is 14.7 Å². The summed E-state index contributed by atoms with van der Waals surface area (Å²) in [4.78, 5) is 11.4. The number of methoxy groups -OCH3 is 1. The van der Waals surface area contributed by atoms with Crippen molar-refractivity contribution in [3.8, 4) is 0 Å². The normalized spacial score (nSPS) is 12.2. The number of ether oxygens (including phenoxy) is 1. The molecule has 16 heavy (non-hydrogen) atoms. The molecule has 0 radical (unpaired) electrons. The first-order valence-corrected chi connectivity index (χ1v) is 4.88. The molecular weight excluding hydrogens is 206 g/mol. The van der Waals surface area contributed by atoms with E-state index in [-0.39, 0.29) is 0 Å². The van der Waals surface area contributed by atoms with Crippen LogP contribution in [0, 0.1) is 0 Å². The molecule has 1 aliphatic rings. The molecule has 4 nitrogen and oxygen atoms in total. The zero-order valence-electron chi connectivity index (χ0n) is 9.38. The highest BCUT2D eigenvalue weighted by Crippen LogP contribution is 2.23. The second kappa shape index (κ2) is 5.80. The van der Waals surface area contributed by atoms with Crippen molar-refractivity contribution < 1.29 is 14.6 Å². The van der Waals surface area contributed by atoms with Gasteiger partial charge >= 0.3 is 6.16 Å². The molecule has 1 N–H and O–H groups in total. The van der Waals surface area contributed by atoms with Gasteiger partial charge in [0.2, 0.25) is 0 Å². The Bertz CT molecular complexity index is 388. The molecular formula is C12H15NO3. The molecule has 0 fully saturated rings. The summed E-state index contributed by atoms with van der Waals surface area (Å²) < 4.78 is 3.67. The molecule has 0 saturated heterocycles. The third-order valence-electron chi connectivity index (χ3n) is 2.20. The van der Waals surface area contributed by atoms with Gasteiger partial charge in [0.25, 0.3) is 0 Å². The van der Waals surface area contributed by atoms with Crippen LogP contribution in [0.15, 0.2) is 30.3 Å². The maximum atomic E-state index is 9.15. The van der Waals surface area contributed by atoms with Crippen molar-refractivity contribution in [2.24, 2.45) is 0 Å². The van der Waals surface area contributed by atoms with Crippen LogP contribution in [0.5, 0.6) is 0 Å². The number of anilines is 1. The highest BCUT2D eigenvalue weighted by Gasteiger charge is 2.06. The lowest BCUT2D eigenvalue weighted by Crippen LogP contribution is -2.19. The lowest BCUT2D eigenvalue weighted by atomic mass is 10.1. The Hall–Kier alpha value is -1.97. The van der Waals surface area contributed by atoms with Crippen molar-refractivity contribution in [3.63, 3.8) is 0 Å². The van der Waals surface area contributed by atoms with Gasteiger partial charge in [0.15, 0.2) is 0 Å². The third-order valence-corrected chi connectivity index (χ3v) is 2.20. The molecule has 2 rings (SSSR count). The van der Waals surface area contributed by atoms with Crippen LogP contribution in [0.25, 0.3) is 6.08 Å². The number of hydrogen-bond acceptors (Lipinski definition) is 3. The van der Waals surface area contributed by atoms with E-state index in [0.717, 1.165) is 13.7 Å². The molecule has 0 aromatic heterocycles. The standard InChI is InChI=1S/C10H11N.C2H4O3/c1-11-8-4-6-9-5-2-3-7-10(9)11;1-5-2(3)4/h2-7H,8H2,1H3;1H3,(H,3,4). The molecule has 0 saturated carbocycles. The third kappa shape index (κ3) is 3.31. The van der Waals surface area contributed by atoms with Crippen LogP contribution in [-0.4, -0.2) is 32.0 Å². The molecule has 0 spiro atoms. The van der Waals surface area contributed by atoms with Gasteiger partial charge in [-0.05, 0) is 11.6 Å². The average molecular weight is 221 g/mol. The van der Waals surface area contributed by atoms with E-state index in [0.29, 0.717) is 0 Å². The number of para-hydroxylation sites is 1. The Morgan fingerprint density at radius 1 is 1.44 bits per heavy atom. The summed E-state index contributed by atoms with van der Waals surface area (Å²) >= 11 is 0. The van der Waals surface area contributed by atoms with E-state index in [4.69, 9.17) is 9.90 Å². The van der Waals surface area contributed by atoms with Gasteiger partial charge in [-0.1, -0.05) is 30.4 Å².